The molecule has 0 bridgehead atoms. The smallest absolute Gasteiger partial charge is 0.335 e. The Kier molecular flexibility index (Phi) is 3.12. The standard InChI is InChI=1S/C12H10FNO4/c1-18-10-4-7(12(16)17)2-6-3-8(13)9(5-15)14-11(6)10/h2-4,15H,5H2,1H3,(H,16,17). The number of rotatable bonds is 3. The lowest BCUT2D eigenvalue weighted by molar-refractivity contribution is 0.0696. The fourth-order valence-electron chi connectivity index (χ4n) is 1.66. The van der Waals surface area contributed by atoms with Crippen molar-refractivity contribution in [3.63, 3.8) is 0 Å². The minimum absolute atomic E-state index is 0.0164. The molecule has 94 valence electrons. The molecular formula is C12H10FNO4. The molecule has 0 amide bonds. The zero-order chi connectivity index (χ0) is 13.3. The molecule has 0 aliphatic carbocycles. The summed E-state index contributed by atoms with van der Waals surface area (Å²) in [6, 6.07) is 3.73. The van der Waals surface area contributed by atoms with Gasteiger partial charge in [-0.2, -0.15) is 0 Å². The van der Waals surface area contributed by atoms with Crippen LogP contribution in [-0.2, 0) is 6.61 Å². The van der Waals surface area contributed by atoms with Gasteiger partial charge < -0.3 is 14.9 Å². The van der Waals surface area contributed by atoms with E-state index in [0.29, 0.717) is 10.9 Å². The summed E-state index contributed by atoms with van der Waals surface area (Å²) >= 11 is 0. The third-order valence-corrected chi connectivity index (χ3v) is 2.53. The van der Waals surface area contributed by atoms with E-state index in [9.17, 15) is 9.18 Å². The summed E-state index contributed by atoms with van der Waals surface area (Å²) in [7, 11) is 1.37. The molecule has 0 aliphatic rings. The number of benzene rings is 1. The number of aliphatic hydroxyl groups is 1. The van der Waals surface area contributed by atoms with Gasteiger partial charge in [-0.1, -0.05) is 0 Å². The van der Waals surface area contributed by atoms with Crippen molar-refractivity contribution in [1.82, 2.24) is 4.98 Å². The highest BCUT2D eigenvalue weighted by Crippen LogP contribution is 2.27. The van der Waals surface area contributed by atoms with E-state index in [4.69, 9.17) is 14.9 Å². The summed E-state index contributed by atoms with van der Waals surface area (Å²) in [5.74, 6) is -1.60. The minimum atomic E-state index is -1.14. The van der Waals surface area contributed by atoms with E-state index in [1.165, 1.54) is 19.2 Å². The lowest BCUT2D eigenvalue weighted by Crippen LogP contribution is -2.01. The Hall–Kier alpha value is -2.21. The number of hydrogen-bond acceptors (Lipinski definition) is 4. The van der Waals surface area contributed by atoms with Crippen molar-refractivity contribution in [2.24, 2.45) is 0 Å². The molecule has 2 N–H and O–H groups in total. The number of nitrogens with zero attached hydrogens (tertiary/aromatic N) is 1. The molecule has 1 aromatic carbocycles. The van der Waals surface area contributed by atoms with Crippen LogP contribution < -0.4 is 4.74 Å². The Labute approximate surface area is 101 Å². The van der Waals surface area contributed by atoms with Gasteiger partial charge in [0.15, 0.2) is 0 Å². The van der Waals surface area contributed by atoms with E-state index in [0.717, 1.165) is 6.07 Å². The van der Waals surface area contributed by atoms with E-state index in [2.05, 4.69) is 4.98 Å². The first-order chi connectivity index (χ1) is 8.56. The fraction of sp³-hybridized carbons (Fsp3) is 0.167. The molecule has 2 rings (SSSR count). The van der Waals surface area contributed by atoms with Crippen molar-refractivity contribution in [2.75, 3.05) is 7.11 Å². The lowest BCUT2D eigenvalue weighted by atomic mass is 10.1. The molecule has 1 aromatic heterocycles. The van der Waals surface area contributed by atoms with Crippen molar-refractivity contribution < 1.29 is 24.1 Å². The summed E-state index contributed by atoms with van der Waals surface area (Å²) in [5.41, 5.74) is 0.189. The van der Waals surface area contributed by atoms with Gasteiger partial charge in [-0.15, -0.1) is 0 Å². The molecule has 2 aromatic rings. The second-order valence-corrected chi connectivity index (χ2v) is 3.63. The highest BCUT2D eigenvalue weighted by atomic mass is 19.1. The van der Waals surface area contributed by atoms with Gasteiger partial charge in [0.1, 0.15) is 22.8 Å². The topological polar surface area (TPSA) is 79.7 Å². The predicted molar refractivity (Wildman–Crippen MR) is 61.1 cm³/mol. The normalized spacial score (nSPS) is 10.6. The molecule has 0 unspecified atom stereocenters. The van der Waals surface area contributed by atoms with Crippen LogP contribution >= 0.6 is 0 Å². The first-order valence-electron chi connectivity index (χ1n) is 5.08. The van der Waals surface area contributed by atoms with Gasteiger partial charge in [0.05, 0.1) is 19.3 Å². The quantitative estimate of drug-likeness (QED) is 0.865. The number of halogens is 1. The third-order valence-electron chi connectivity index (χ3n) is 2.53. The number of aliphatic hydroxyl groups excluding tert-OH is 1. The van der Waals surface area contributed by atoms with Crippen molar-refractivity contribution >= 4 is 16.9 Å². The molecule has 0 atom stereocenters. The molecule has 18 heavy (non-hydrogen) atoms. The van der Waals surface area contributed by atoms with Crippen LogP contribution in [0.2, 0.25) is 0 Å². The Morgan fingerprint density at radius 1 is 1.44 bits per heavy atom. The van der Waals surface area contributed by atoms with Crippen LogP contribution in [0, 0.1) is 5.82 Å². The molecule has 0 spiro atoms. The van der Waals surface area contributed by atoms with Crippen LogP contribution in [0.15, 0.2) is 18.2 Å². The predicted octanol–water partition coefficient (Wildman–Crippen LogP) is 1.57. The minimum Gasteiger partial charge on any atom is -0.494 e. The van der Waals surface area contributed by atoms with E-state index < -0.39 is 18.4 Å². The summed E-state index contributed by atoms with van der Waals surface area (Å²) < 4.78 is 18.5. The largest absolute Gasteiger partial charge is 0.494 e. The summed E-state index contributed by atoms with van der Waals surface area (Å²) in [5, 5.41) is 18.2. The van der Waals surface area contributed by atoms with E-state index >= 15 is 0 Å². The molecule has 5 nitrogen and oxygen atoms in total. The zero-order valence-corrected chi connectivity index (χ0v) is 9.48. The highest BCUT2D eigenvalue weighted by molar-refractivity contribution is 5.96. The van der Waals surface area contributed by atoms with Crippen LogP contribution in [0.4, 0.5) is 4.39 Å². The maximum Gasteiger partial charge on any atom is 0.335 e. The maximum absolute atomic E-state index is 13.5. The fourth-order valence-corrected chi connectivity index (χ4v) is 1.66. The average Bonchev–Trinajstić information content (AvgIpc) is 2.36. The molecule has 0 saturated carbocycles. The Morgan fingerprint density at radius 3 is 2.72 bits per heavy atom. The highest BCUT2D eigenvalue weighted by Gasteiger charge is 2.13. The van der Waals surface area contributed by atoms with E-state index in [-0.39, 0.29) is 17.0 Å². The number of aromatic nitrogens is 1. The van der Waals surface area contributed by atoms with Gasteiger partial charge in [0.2, 0.25) is 0 Å². The SMILES string of the molecule is COc1cc(C(=O)O)cc2cc(F)c(CO)nc12. The molecule has 1 heterocycles. The van der Waals surface area contributed by atoms with Gasteiger partial charge in [-0.3, -0.25) is 0 Å². The van der Waals surface area contributed by atoms with Gasteiger partial charge in [-0.05, 0) is 18.2 Å². The van der Waals surface area contributed by atoms with Crippen LogP contribution in [0.1, 0.15) is 16.1 Å². The first kappa shape index (κ1) is 12.3. The summed E-state index contributed by atoms with van der Waals surface area (Å²) in [4.78, 5) is 14.8. The number of hydrogen-bond donors (Lipinski definition) is 2. The third kappa shape index (κ3) is 1.98. The van der Waals surface area contributed by atoms with Crippen molar-refractivity contribution in [2.45, 2.75) is 6.61 Å². The second kappa shape index (κ2) is 4.58. The van der Waals surface area contributed by atoms with Crippen LogP contribution in [0.3, 0.4) is 0 Å². The van der Waals surface area contributed by atoms with Crippen LogP contribution in [0.25, 0.3) is 10.9 Å². The zero-order valence-electron chi connectivity index (χ0n) is 9.48. The number of aromatic carboxylic acids is 1. The number of methoxy groups -OCH3 is 1. The number of fused-ring (bicyclic) bond motifs is 1. The molecule has 6 heteroatoms. The molecular weight excluding hydrogens is 241 g/mol. The van der Waals surface area contributed by atoms with Crippen LogP contribution in [-0.4, -0.2) is 28.3 Å². The Balaban J connectivity index is 2.79. The monoisotopic (exact) mass is 251 g/mol. The van der Waals surface area contributed by atoms with E-state index in [1.807, 2.05) is 0 Å². The maximum atomic E-state index is 13.5. The Bertz CT molecular complexity index is 627. The van der Waals surface area contributed by atoms with Crippen molar-refractivity contribution in [3.8, 4) is 5.75 Å². The summed E-state index contributed by atoms with van der Waals surface area (Å²) in [6.07, 6.45) is 0. The lowest BCUT2D eigenvalue weighted by Gasteiger charge is -2.08. The molecule has 0 saturated heterocycles. The molecule has 0 aliphatic heterocycles. The van der Waals surface area contributed by atoms with E-state index in [1.54, 1.807) is 0 Å². The number of carbonyl (C=O) groups is 1. The number of carboxylic acids is 1. The Morgan fingerprint density at radius 2 is 2.17 bits per heavy atom. The second-order valence-electron chi connectivity index (χ2n) is 3.63. The number of ether oxygens (including phenoxy) is 1. The van der Waals surface area contributed by atoms with Crippen molar-refractivity contribution in [1.29, 1.82) is 0 Å². The van der Waals surface area contributed by atoms with Gasteiger partial charge in [0.25, 0.3) is 0 Å². The van der Waals surface area contributed by atoms with Crippen molar-refractivity contribution in [3.05, 3.63) is 35.3 Å². The van der Waals surface area contributed by atoms with Gasteiger partial charge in [-0.25, -0.2) is 14.2 Å². The number of pyridine rings is 1. The first-order valence-corrected chi connectivity index (χ1v) is 5.08. The van der Waals surface area contributed by atoms with Crippen LogP contribution in [0.5, 0.6) is 5.75 Å². The number of carboxylic acid groups (broad SMARTS) is 1. The molecule has 0 fully saturated rings. The van der Waals surface area contributed by atoms with Gasteiger partial charge in [0, 0.05) is 5.39 Å². The van der Waals surface area contributed by atoms with Gasteiger partial charge >= 0.3 is 5.97 Å². The molecule has 0 radical (unpaired) electrons. The average molecular weight is 251 g/mol. The summed E-state index contributed by atoms with van der Waals surface area (Å²) in [6.45, 7) is -0.536.